The van der Waals surface area contributed by atoms with Crippen molar-refractivity contribution in [2.45, 2.75) is 13.8 Å². The maximum absolute atomic E-state index is 12.8. The molecule has 0 fully saturated rings. The van der Waals surface area contributed by atoms with E-state index >= 15 is 0 Å². The molecular weight excluding hydrogens is 370 g/mol. The Hall–Kier alpha value is -4.00. The van der Waals surface area contributed by atoms with Crippen LogP contribution in [0.1, 0.15) is 18.2 Å². The highest BCUT2D eigenvalue weighted by atomic mass is 16.6. The molecule has 0 bridgehead atoms. The summed E-state index contributed by atoms with van der Waals surface area (Å²) in [6.45, 7) is 3.45. The second-order valence-corrected chi connectivity index (χ2v) is 6.66. The van der Waals surface area contributed by atoms with Crippen molar-refractivity contribution >= 4 is 29.1 Å². The first-order valence-electron chi connectivity index (χ1n) is 8.96. The lowest BCUT2D eigenvalue weighted by molar-refractivity contribution is -0.385. The van der Waals surface area contributed by atoms with Crippen LogP contribution in [0.2, 0.25) is 0 Å². The molecule has 1 aromatic heterocycles. The van der Waals surface area contributed by atoms with E-state index in [9.17, 15) is 14.9 Å². The Morgan fingerprint density at radius 2 is 1.83 bits per heavy atom. The molecule has 29 heavy (non-hydrogen) atoms. The van der Waals surface area contributed by atoms with E-state index in [0.29, 0.717) is 39.6 Å². The summed E-state index contributed by atoms with van der Waals surface area (Å²) in [7, 11) is 0. The number of para-hydroxylation sites is 1. The van der Waals surface area contributed by atoms with Gasteiger partial charge in [0, 0.05) is 17.2 Å². The number of furan rings is 1. The largest absolute Gasteiger partial charge is 0.457 e. The summed E-state index contributed by atoms with van der Waals surface area (Å²) in [5.74, 6) is 0.716. The maximum Gasteiger partial charge on any atom is 0.280 e. The fourth-order valence-corrected chi connectivity index (χ4v) is 3.12. The van der Waals surface area contributed by atoms with Crippen molar-refractivity contribution in [1.29, 1.82) is 0 Å². The van der Waals surface area contributed by atoms with Crippen molar-refractivity contribution in [1.82, 2.24) is 0 Å². The van der Waals surface area contributed by atoms with E-state index in [-0.39, 0.29) is 11.6 Å². The molecule has 0 radical (unpaired) electrons. The van der Waals surface area contributed by atoms with Gasteiger partial charge in [-0.15, -0.1) is 0 Å². The molecule has 7 heteroatoms. The third-order valence-electron chi connectivity index (χ3n) is 4.67. The lowest BCUT2D eigenvalue weighted by atomic mass is 10.1. The molecule has 2 heterocycles. The van der Waals surface area contributed by atoms with Gasteiger partial charge in [-0.3, -0.25) is 14.9 Å². The van der Waals surface area contributed by atoms with Gasteiger partial charge in [-0.25, -0.2) is 0 Å². The number of carbonyl (C=O) groups excluding carboxylic acids is 1. The monoisotopic (exact) mass is 387 g/mol. The van der Waals surface area contributed by atoms with E-state index in [0.717, 1.165) is 0 Å². The highest BCUT2D eigenvalue weighted by molar-refractivity contribution is 6.32. The number of hydrazone groups is 1. The van der Waals surface area contributed by atoms with Gasteiger partial charge >= 0.3 is 0 Å². The van der Waals surface area contributed by atoms with Gasteiger partial charge in [0.1, 0.15) is 11.5 Å². The lowest BCUT2D eigenvalue weighted by Gasteiger charge is -2.10. The van der Waals surface area contributed by atoms with Crippen LogP contribution in [-0.4, -0.2) is 16.5 Å². The molecule has 7 nitrogen and oxygen atoms in total. The Morgan fingerprint density at radius 1 is 1.07 bits per heavy atom. The lowest BCUT2D eigenvalue weighted by Crippen LogP contribution is -2.21. The number of amides is 1. The number of hydrogen-bond donors (Lipinski definition) is 0. The zero-order chi connectivity index (χ0) is 20.5. The van der Waals surface area contributed by atoms with Gasteiger partial charge < -0.3 is 4.42 Å². The van der Waals surface area contributed by atoms with Crippen molar-refractivity contribution in [3.63, 3.8) is 0 Å². The summed E-state index contributed by atoms with van der Waals surface area (Å²) in [4.78, 5) is 23.5. The Kier molecular flexibility index (Phi) is 4.56. The van der Waals surface area contributed by atoms with Crippen LogP contribution in [0, 0.1) is 17.0 Å². The molecule has 144 valence electrons. The summed E-state index contributed by atoms with van der Waals surface area (Å²) < 4.78 is 5.82. The first-order valence-corrected chi connectivity index (χ1v) is 8.96. The first-order chi connectivity index (χ1) is 13.9. The first kappa shape index (κ1) is 18.4. The third-order valence-corrected chi connectivity index (χ3v) is 4.67. The zero-order valence-corrected chi connectivity index (χ0v) is 15.8. The quantitative estimate of drug-likeness (QED) is 0.359. The van der Waals surface area contributed by atoms with E-state index in [2.05, 4.69) is 5.10 Å². The van der Waals surface area contributed by atoms with Crippen LogP contribution in [0.3, 0.4) is 0 Å². The predicted molar refractivity (Wildman–Crippen MR) is 111 cm³/mol. The molecule has 0 N–H and O–H groups in total. The van der Waals surface area contributed by atoms with Gasteiger partial charge in [0.2, 0.25) is 0 Å². The molecule has 0 spiro atoms. The minimum Gasteiger partial charge on any atom is -0.457 e. The number of rotatable bonds is 4. The van der Waals surface area contributed by atoms with E-state index in [1.54, 1.807) is 44.2 Å². The van der Waals surface area contributed by atoms with Crippen LogP contribution >= 0.6 is 0 Å². The van der Waals surface area contributed by atoms with Crippen LogP contribution in [0.15, 0.2) is 75.8 Å². The Balaban J connectivity index is 1.63. The molecule has 4 rings (SSSR count). The number of benzene rings is 2. The summed E-state index contributed by atoms with van der Waals surface area (Å²) in [5.41, 5.74) is 2.92. The highest BCUT2D eigenvalue weighted by Gasteiger charge is 2.29. The second kappa shape index (κ2) is 7.20. The molecule has 0 atom stereocenters. The Morgan fingerprint density at radius 3 is 2.55 bits per heavy atom. The van der Waals surface area contributed by atoms with Crippen LogP contribution < -0.4 is 5.01 Å². The van der Waals surface area contributed by atoms with E-state index < -0.39 is 4.92 Å². The minimum absolute atomic E-state index is 0.0336. The van der Waals surface area contributed by atoms with Gasteiger partial charge in [0.25, 0.3) is 11.6 Å². The Labute approximate surface area is 166 Å². The van der Waals surface area contributed by atoms with E-state index in [1.807, 2.05) is 30.3 Å². The molecule has 3 aromatic rings. The smallest absolute Gasteiger partial charge is 0.280 e. The van der Waals surface area contributed by atoms with Gasteiger partial charge in [0.15, 0.2) is 0 Å². The normalized spacial score (nSPS) is 15.1. The van der Waals surface area contributed by atoms with Crippen molar-refractivity contribution in [3.8, 4) is 11.3 Å². The minimum atomic E-state index is -0.417. The number of hydrogen-bond acceptors (Lipinski definition) is 5. The number of nitrogens with zero attached hydrogens (tertiary/aromatic N) is 3. The van der Waals surface area contributed by atoms with Crippen molar-refractivity contribution in [2.24, 2.45) is 5.10 Å². The molecule has 1 amide bonds. The van der Waals surface area contributed by atoms with E-state index in [1.165, 1.54) is 11.1 Å². The molecule has 1 aliphatic heterocycles. The van der Waals surface area contributed by atoms with Crippen LogP contribution in [0.5, 0.6) is 0 Å². The van der Waals surface area contributed by atoms with Crippen LogP contribution in [0.4, 0.5) is 11.4 Å². The number of nitro benzene ring substituents is 1. The van der Waals surface area contributed by atoms with Crippen molar-refractivity contribution in [3.05, 3.63) is 87.7 Å². The average molecular weight is 387 g/mol. The molecule has 2 aromatic carbocycles. The zero-order valence-electron chi connectivity index (χ0n) is 15.8. The van der Waals surface area contributed by atoms with Crippen LogP contribution in [0.25, 0.3) is 17.4 Å². The number of anilines is 1. The Bertz CT molecular complexity index is 1180. The van der Waals surface area contributed by atoms with Gasteiger partial charge in [-0.2, -0.15) is 10.1 Å². The molecule has 0 saturated heterocycles. The SMILES string of the molecule is CC1=NN(c2ccccc2)C(=O)/C1=C\c1ccc(-c2ccc(C)c([N+](=O)[O-])c2)o1. The molecular formula is C22H17N3O4. The molecule has 0 saturated carbocycles. The average Bonchev–Trinajstić information content (AvgIpc) is 3.29. The second-order valence-electron chi connectivity index (χ2n) is 6.66. The molecule has 0 aliphatic carbocycles. The highest BCUT2D eigenvalue weighted by Crippen LogP contribution is 2.30. The number of carbonyl (C=O) groups is 1. The summed E-state index contributed by atoms with van der Waals surface area (Å²) in [5, 5.41) is 16.9. The van der Waals surface area contributed by atoms with Gasteiger partial charge in [-0.1, -0.05) is 30.3 Å². The fraction of sp³-hybridized carbons (Fsp3) is 0.0909. The fourth-order valence-electron chi connectivity index (χ4n) is 3.12. The van der Waals surface area contributed by atoms with Crippen LogP contribution in [-0.2, 0) is 4.79 Å². The summed E-state index contributed by atoms with van der Waals surface area (Å²) in [6.07, 6.45) is 1.64. The third kappa shape index (κ3) is 3.45. The summed E-state index contributed by atoms with van der Waals surface area (Å²) in [6, 6.07) is 17.6. The predicted octanol–water partition coefficient (Wildman–Crippen LogP) is 4.97. The van der Waals surface area contributed by atoms with Gasteiger partial charge in [-0.05, 0) is 44.2 Å². The molecule has 0 unspecified atom stereocenters. The van der Waals surface area contributed by atoms with Crippen molar-refractivity contribution < 1.29 is 14.1 Å². The summed E-state index contributed by atoms with van der Waals surface area (Å²) >= 11 is 0. The molecule has 1 aliphatic rings. The van der Waals surface area contributed by atoms with Gasteiger partial charge in [0.05, 0.1) is 21.9 Å². The topological polar surface area (TPSA) is 89.0 Å². The number of nitro groups is 1. The number of aryl methyl sites for hydroxylation is 1. The maximum atomic E-state index is 12.8. The van der Waals surface area contributed by atoms with E-state index in [4.69, 9.17) is 4.42 Å². The van der Waals surface area contributed by atoms with Crippen molar-refractivity contribution in [2.75, 3.05) is 5.01 Å². The standard InChI is InChI=1S/C22H17N3O4/c1-14-8-9-16(12-20(14)25(27)28)21-11-10-18(29-21)13-19-15(2)23-24(22(19)26)17-6-4-3-5-7-17/h3-13H,1-2H3/b19-13-.